The molecular weight excluding hydrogens is 310 g/mol. The predicted octanol–water partition coefficient (Wildman–Crippen LogP) is 2.78. The Balaban J connectivity index is 1.62. The Bertz CT molecular complexity index is 767. The lowest BCUT2D eigenvalue weighted by molar-refractivity contribution is -0.130. The molecule has 118 valence electrons. The number of thiophene rings is 1. The van der Waals surface area contributed by atoms with E-state index in [0.29, 0.717) is 5.56 Å². The number of nitrogens with one attached hydrogen (secondary N) is 1. The summed E-state index contributed by atoms with van der Waals surface area (Å²) in [5, 5.41) is 23.9. The first-order valence-corrected chi connectivity index (χ1v) is 8.14. The standard InChI is InChI=1S/C18H17NO3S/c20-14(16-10-13-8-4-5-9-15(13)23-16)11-19-18(22)17(21)12-6-2-1-3-7-12/h1-10,14,17,20-21H,11H2,(H,19,22). The lowest BCUT2D eigenvalue weighted by Gasteiger charge is -2.14. The van der Waals surface area contributed by atoms with Gasteiger partial charge in [-0.15, -0.1) is 11.3 Å². The molecule has 0 saturated heterocycles. The van der Waals surface area contributed by atoms with E-state index in [1.165, 1.54) is 11.3 Å². The molecule has 0 aliphatic carbocycles. The molecular formula is C18H17NO3S. The van der Waals surface area contributed by atoms with Gasteiger partial charge in [0.1, 0.15) is 6.10 Å². The molecule has 2 unspecified atom stereocenters. The fourth-order valence-electron chi connectivity index (χ4n) is 2.35. The summed E-state index contributed by atoms with van der Waals surface area (Å²) in [5.41, 5.74) is 0.529. The van der Waals surface area contributed by atoms with E-state index < -0.39 is 18.1 Å². The minimum absolute atomic E-state index is 0.0650. The highest BCUT2D eigenvalue weighted by molar-refractivity contribution is 7.19. The molecule has 3 aromatic rings. The maximum atomic E-state index is 12.0. The number of fused-ring (bicyclic) bond motifs is 1. The van der Waals surface area contributed by atoms with Crippen LogP contribution in [0.3, 0.4) is 0 Å². The summed E-state index contributed by atoms with van der Waals surface area (Å²) in [6, 6.07) is 18.5. The van der Waals surface area contributed by atoms with Crippen LogP contribution in [-0.2, 0) is 4.79 Å². The predicted molar refractivity (Wildman–Crippen MR) is 91.2 cm³/mol. The fourth-order valence-corrected chi connectivity index (χ4v) is 3.40. The Labute approximate surface area is 138 Å². The Morgan fingerprint density at radius 2 is 1.74 bits per heavy atom. The van der Waals surface area contributed by atoms with E-state index in [-0.39, 0.29) is 6.54 Å². The third-order valence-electron chi connectivity index (χ3n) is 3.61. The minimum Gasteiger partial charge on any atom is -0.386 e. The number of rotatable bonds is 5. The third kappa shape index (κ3) is 3.59. The van der Waals surface area contributed by atoms with E-state index in [0.717, 1.165) is 15.0 Å². The molecule has 0 saturated carbocycles. The molecule has 1 amide bonds. The molecule has 1 heterocycles. The monoisotopic (exact) mass is 327 g/mol. The molecule has 1 aromatic heterocycles. The van der Waals surface area contributed by atoms with Crippen molar-refractivity contribution >= 4 is 27.3 Å². The number of hydrogen-bond donors (Lipinski definition) is 3. The largest absolute Gasteiger partial charge is 0.386 e. The molecule has 0 fully saturated rings. The number of carbonyl (C=O) groups excluding carboxylic acids is 1. The van der Waals surface area contributed by atoms with Gasteiger partial charge in [0, 0.05) is 16.1 Å². The molecule has 2 aromatic carbocycles. The number of benzene rings is 2. The number of amides is 1. The highest BCUT2D eigenvalue weighted by Gasteiger charge is 2.19. The highest BCUT2D eigenvalue weighted by Crippen LogP contribution is 2.29. The second-order valence-corrected chi connectivity index (χ2v) is 6.38. The number of hydrogen-bond acceptors (Lipinski definition) is 4. The van der Waals surface area contributed by atoms with Crippen molar-refractivity contribution in [2.45, 2.75) is 12.2 Å². The summed E-state index contributed by atoms with van der Waals surface area (Å²) >= 11 is 1.50. The second-order valence-electron chi connectivity index (χ2n) is 5.26. The van der Waals surface area contributed by atoms with Crippen molar-refractivity contribution in [3.8, 4) is 0 Å². The van der Waals surface area contributed by atoms with Crippen molar-refractivity contribution in [2.24, 2.45) is 0 Å². The van der Waals surface area contributed by atoms with Crippen LogP contribution in [0.25, 0.3) is 10.1 Å². The zero-order chi connectivity index (χ0) is 16.2. The van der Waals surface area contributed by atoms with Crippen molar-refractivity contribution < 1.29 is 15.0 Å². The molecule has 0 spiro atoms. The summed E-state index contributed by atoms with van der Waals surface area (Å²) in [6.45, 7) is 0.0650. The summed E-state index contributed by atoms with van der Waals surface area (Å²) in [5.74, 6) is -0.517. The second kappa shape index (κ2) is 6.91. The maximum absolute atomic E-state index is 12.0. The quantitative estimate of drug-likeness (QED) is 0.675. The van der Waals surface area contributed by atoms with Gasteiger partial charge < -0.3 is 15.5 Å². The average molecular weight is 327 g/mol. The van der Waals surface area contributed by atoms with E-state index in [9.17, 15) is 15.0 Å². The third-order valence-corrected chi connectivity index (χ3v) is 4.82. The minimum atomic E-state index is -1.23. The molecule has 0 aliphatic heterocycles. The first-order chi connectivity index (χ1) is 11.1. The summed E-state index contributed by atoms with van der Waals surface area (Å²) in [4.78, 5) is 12.8. The van der Waals surface area contributed by atoms with Crippen LogP contribution in [0.1, 0.15) is 22.6 Å². The SMILES string of the molecule is O=C(NCC(O)c1cc2ccccc2s1)C(O)c1ccccc1. The number of aliphatic hydroxyl groups is 2. The normalized spacial score (nSPS) is 13.7. The van der Waals surface area contributed by atoms with Gasteiger partial charge in [0.15, 0.2) is 6.10 Å². The van der Waals surface area contributed by atoms with E-state index in [1.807, 2.05) is 36.4 Å². The van der Waals surface area contributed by atoms with Gasteiger partial charge in [-0.05, 0) is 23.1 Å². The van der Waals surface area contributed by atoms with Crippen molar-refractivity contribution in [2.75, 3.05) is 6.54 Å². The smallest absolute Gasteiger partial charge is 0.253 e. The summed E-state index contributed by atoms with van der Waals surface area (Å²) in [6.07, 6.45) is -2.02. The van der Waals surface area contributed by atoms with Crippen molar-refractivity contribution in [3.05, 3.63) is 71.1 Å². The molecule has 3 rings (SSSR count). The lowest BCUT2D eigenvalue weighted by atomic mass is 10.1. The number of carbonyl (C=O) groups is 1. The molecule has 3 N–H and O–H groups in total. The van der Waals surface area contributed by atoms with Crippen molar-refractivity contribution in [1.29, 1.82) is 0 Å². The Morgan fingerprint density at radius 1 is 1.04 bits per heavy atom. The van der Waals surface area contributed by atoms with Gasteiger partial charge in [-0.1, -0.05) is 48.5 Å². The van der Waals surface area contributed by atoms with Gasteiger partial charge in [0.2, 0.25) is 0 Å². The van der Waals surface area contributed by atoms with Crippen LogP contribution in [0.2, 0.25) is 0 Å². The lowest BCUT2D eigenvalue weighted by Crippen LogP contribution is -2.32. The van der Waals surface area contributed by atoms with E-state index >= 15 is 0 Å². The van der Waals surface area contributed by atoms with Gasteiger partial charge >= 0.3 is 0 Å². The first-order valence-electron chi connectivity index (χ1n) is 7.32. The molecule has 23 heavy (non-hydrogen) atoms. The zero-order valence-corrected chi connectivity index (χ0v) is 13.2. The van der Waals surface area contributed by atoms with Crippen molar-refractivity contribution in [3.63, 3.8) is 0 Å². The molecule has 0 bridgehead atoms. The van der Waals surface area contributed by atoms with Crippen LogP contribution in [0, 0.1) is 0 Å². The topological polar surface area (TPSA) is 69.6 Å². The molecule has 4 nitrogen and oxygen atoms in total. The molecule has 2 atom stereocenters. The van der Waals surface area contributed by atoms with Crippen LogP contribution < -0.4 is 5.32 Å². The fraction of sp³-hybridized carbons (Fsp3) is 0.167. The van der Waals surface area contributed by atoms with Gasteiger partial charge in [-0.2, -0.15) is 0 Å². The van der Waals surface area contributed by atoms with Crippen LogP contribution in [0.15, 0.2) is 60.7 Å². The summed E-state index contributed by atoms with van der Waals surface area (Å²) in [7, 11) is 0. The van der Waals surface area contributed by atoms with Crippen molar-refractivity contribution in [1.82, 2.24) is 5.32 Å². The van der Waals surface area contributed by atoms with Crippen LogP contribution >= 0.6 is 11.3 Å². The zero-order valence-electron chi connectivity index (χ0n) is 12.3. The van der Waals surface area contributed by atoms with Gasteiger partial charge in [-0.3, -0.25) is 4.79 Å². The molecule has 0 radical (unpaired) electrons. The Hall–Kier alpha value is -2.21. The molecule has 5 heteroatoms. The highest BCUT2D eigenvalue weighted by atomic mass is 32.1. The first kappa shape index (κ1) is 15.7. The van der Waals surface area contributed by atoms with Gasteiger partial charge in [0.25, 0.3) is 5.91 Å². The Morgan fingerprint density at radius 3 is 2.48 bits per heavy atom. The van der Waals surface area contributed by atoms with Crippen LogP contribution in [0.5, 0.6) is 0 Å². The van der Waals surface area contributed by atoms with E-state index in [2.05, 4.69) is 5.32 Å². The van der Waals surface area contributed by atoms with Gasteiger partial charge in [0.05, 0.1) is 0 Å². The van der Waals surface area contributed by atoms with Crippen LogP contribution in [-0.4, -0.2) is 22.7 Å². The van der Waals surface area contributed by atoms with E-state index in [4.69, 9.17) is 0 Å². The average Bonchev–Trinajstić information content (AvgIpc) is 3.03. The van der Waals surface area contributed by atoms with E-state index in [1.54, 1.807) is 24.3 Å². The summed E-state index contributed by atoms with van der Waals surface area (Å²) < 4.78 is 1.09. The van der Waals surface area contributed by atoms with Crippen LogP contribution in [0.4, 0.5) is 0 Å². The Kier molecular flexibility index (Phi) is 4.71. The maximum Gasteiger partial charge on any atom is 0.253 e. The van der Waals surface area contributed by atoms with Gasteiger partial charge in [-0.25, -0.2) is 0 Å². The molecule has 0 aliphatic rings. The number of aliphatic hydroxyl groups excluding tert-OH is 2.